The van der Waals surface area contributed by atoms with Crippen LogP contribution in [0.3, 0.4) is 0 Å². The van der Waals surface area contributed by atoms with E-state index >= 15 is 0 Å². The second-order valence-electron chi connectivity index (χ2n) is 2.94. The topological polar surface area (TPSA) is 97.8 Å². The number of carbonyl (C=O) groups excluding carboxylic acids is 3. The van der Waals surface area contributed by atoms with Gasteiger partial charge in [0.25, 0.3) is 11.8 Å². The molecule has 1 fully saturated rings. The van der Waals surface area contributed by atoms with E-state index in [-0.39, 0.29) is 12.8 Å². The van der Waals surface area contributed by atoms with Crippen LogP contribution in [0.1, 0.15) is 19.3 Å². The van der Waals surface area contributed by atoms with Crippen LogP contribution in [-0.4, -0.2) is 28.2 Å². The number of hydrogen-bond acceptors (Lipinski definition) is 6. The lowest BCUT2D eigenvalue weighted by Gasteiger charge is -2.12. The lowest BCUT2D eigenvalue weighted by atomic mass is 10.4. The zero-order valence-corrected chi connectivity index (χ0v) is 9.78. The molecule has 0 radical (unpaired) electrons. The normalized spacial score (nSPS) is 18.1. The summed E-state index contributed by atoms with van der Waals surface area (Å²) in [7, 11) is -0.927. The Morgan fingerprint density at radius 2 is 1.75 bits per heavy atom. The predicted molar refractivity (Wildman–Crippen MR) is 50.8 cm³/mol. The number of amides is 2. The van der Waals surface area contributed by atoms with Gasteiger partial charge < -0.3 is 4.84 Å². The van der Waals surface area contributed by atoms with Crippen molar-refractivity contribution in [1.29, 1.82) is 0 Å². The van der Waals surface area contributed by atoms with Gasteiger partial charge in [-0.15, -0.1) is 5.06 Å². The highest BCUT2D eigenvalue weighted by atomic mass is 31.1. The molecule has 0 bridgehead atoms. The van der Waals surface area contributed by atoms with Crippen LogP contribution in [0.5, 0.6) is 0 Å². The highest BCUT2D eigenvalue weighted by Gasteiger charge is 2.33. The molecule has 1 aliphatic rings. The number of hydroxylamine groups is 2. The van der Waals surface area contributed by atoms with E-state index in [0.29, 0.717) is 5.06 Å². The minimum Gasteiger partial charge on any atom is -0.330 e. The third-order valence-corrected chi connectivity index (χ3v) is 3.21. The summed E-state index contributed by atoms with van der Waals surface area (Å²) in [4.78, 5) is 37.7. The third-order valence-electron chi connectivity index (χ3n) is 1.79. The molecule has 0 spiro atoms. The first kappa shape index (κ1) is 12.9. The van der Waals surface area contributed by atoms with Crippen LogP contribution in [0.15, 0.2) is 0 Å². The monoisotopic (exact) mass is 263 g/mol. The van der Waals surface area contributed by atoms with Crippen LogP contribution >= 0.6 is 16.9 Å². The smallest absolute Gasteiger partial charge is 0.330 e. The molecular formula is C7H7NO6P2. The molecule has 1 saturated heterocycles. The van der Waals surface area contributed by atoms with E-state index in [2.05, 4.69) is 4.84 Å². The fourth-order valence-corrected chi connectivity index (χ4v) is 1.64. The van der Waals surface area contributed by atoms with E-state index in [1.807, 2.05) is 0 Å². The van der Waals surface area contributed by atoms with Gasteiger partial charge in [0.2, 0.25) is 0 Å². The molecule has 1 heterocycles. The molecule has 86 valence electrons. The summed E-state index contributed by atoms with van der Waals surface area (Å²) in [5, 5.41) is -0.525. The average molecular weight is 263 g/mol. The predicted octanol–water partition coefficient (Wildman–Crippen LogP) is 0.893. The van der Waals surface area contributed by atoms with Crippen molar-refractivity contribution >= 4 is 34.7 Å². The molecule has 0 aromatic rings. The Hall–Kier alpha value is -1.19. The molecule has 16 heavy (non-hydrogen) atoms. The minimum atomic E-state index is -0.916. The molecule has 0 N–H and O–H groups in total. The van der Waals surface area contributed by atoms with Gasteiger partial charge in [-0.05, 0) is 0 Å². The van der Waals surface area contributed by atoms with Crippen molar-refractivity contribution in [3.05, 3.63) is 0 Å². The standard InChI is InChI=1S/C7H7NO6P2/c9-4-1-2-5(10)8(4)14-6(11)3-7(15-12)16-13/h7H,1-3H2. The van der Waals surface area contributed by atoms with E-state index < -0.39 is 46.5 Å². The minimum absolute atomic E-state index is 0.00908. The van der Waals surface area contributed by atoms with Crippen LogP contribution in [0.4, 0.5) is 0 Å². The molecule has 7 nitrogen and oxygen atoms in total. The summed E-state index contributed by atoms with van der Waals surface area (Å²) in [6.07, 6.45) is -0.378. The molecule has 0 aromatic heterocycles. The van der Waals surface area contributed by atoms with Crippen LogP contribution in [0.25, 0.3) is 0 Å². The zero-order valence-electron chi connectivity index (χ0n) is 7.99. The van der Waals surface area contributed by atoms with Crippen molar-refractivity contribution in [1.82, 2.24) is 5.06 Å². The van der Waals surface area contributed by atoms with E-state index in [9.17, 15) is 23.5 Å². The van der Waals surface area contributed by atoms with E-state index in [1.54, 1.807) is 0 Å². The number of imide groups is 1. The molecule has 0 aliphatic carbocycles. The summed E-state index contributed by atoms with van der Waals surface area (Å²) in [5.41, 5.74) is 0. The highest BCUT2D eigenvalue weighted by molar-refractivity contribution is 7.44. The Balaban J connectivity index is 2.51. The van der Waals surface area contributed by atoms with Gasteiger partial charge in [-0.1, -0.05) is 0 Å². The molecule has 1 rings (SSSR count). The number of carbonyl (C=O) groups is 3. The maximum atomic E-state index is 11.2. The van der Waals surface area contributed by atoms with Crippen molar-refractivity contribution in [2.75, 3.05) is 0 Å². The molecule has 0 saturated carbocycles. The van der Waals surface area contributed by atoms with Crippen molar-refractivity contribution in [3.8, 4) is 0 Å². The van der Waals surface area contributed by atoms with Gasteiger partial charge in [0.15, 0.2) is 16.9 Å². The molecule has 1 aliphatic heterocycles. The van der Waals surface area contributed by atoms with Crippen molar-refractivity contribution in [2.45, 2.75) is 24.7 Å². The molecule has 0 aromatic carbocycles. The summed E-state index contributed by atoms with van der Waals surface area (Å²) in [5.74, 6) is -2.09. The Bertz CT molecular complexity index is 333. The molecule has 0 unspecified atom stereocenters. The largest absolute Gasteiger partial charge is 0.335 e. The van der Waals surface area contributed by atoms with Crippen LogP contribution in [0, 0.1) is 0 Å². The van der Waals surface area contributed by atoms with Crippen molar-refractivity contribution in [3.63, 3.8) is 0 Å². The molecular weight excluding hydrogens is 256 g/mol. The van der Waals surface area contributed by atoms with Crippen LogP contribution in [0.2, 0.25) is 0 Å². The van der Waals surface area contributed by atoms with Gasteiger partial charge in [0.1, 0.15) is 5.40 Å². The number of nitrogens with zero attached hydrogens (tertiary/aromatic N) is 1. The van der Waals surface area contributed by atoms with Crippen molar-refractivity contribution < 1.29 is 28.4 Å². The summed E-state index contributed by atoms with van der Waals surface area (Å²) >= 11 is 0. The molecule has 0 atom stereocenters. The van der Waals surface area contributed by atoms with Gasteiger partial charge in [-0.25, -0.2) is 4.79 Å². The Kier molecular flexibility index (Phi) is 4.65. The Morgan fingerprint density at radius 3 is 2.19 bits per heavy atom. The lowest BCUT2D eigenvalue weighted by Crippen LogP contribution is -2.32. The summed E-state index contributed by atoms with van der Waals surface area (Å²) < 4.78 is 20.7. The second kappa shape index (κ2) is 5.77. The van der Waals surface area contributed by atoms with E-state index in [4.69, 9.17) is 0 Å². The maximum absolute atomic E-state index is 11.2. The maximum Gasteiger partial charge on any atom is 0.335 e. The first-order chi connectivity index (χ1) is 7.58. The third kappa shape index (κ3) is 3.15. The fraction of sp³-hybridized carbons (Fsp3) is 0.571. The Morgan fingerprint density at radius 1 is 1.25 bits per heavy atom. The first-order valence-electron chi connectivity index (χ1n) is 4.30. The lowest BCUT2D eigenvalue weighted by molar-refractivity contribution is -0.197. The van der Waals surface area contributed by atoms with E-state index in [1.165, 1.54) is 0 Å². The number of hydrogen-bond donors (Lipinski definition) is 0. The number of rotatable bonds is 5. The molecule has 9 heteroatoms. The fourth-order valence-electron chi connectivity index (χ4n) is 1.04. The van der Waals surface area contributed by atoms with Gasteiger partial charge in [-0.3, -0.25) is 18.7 Å². The average Bonchev–Trinajstić information content (AvgIpc) is 2.57. The van der Waals surface area contributed by atoms with Gasteiger partial charge in [-0.2, -0.15) is 0 Å². The van der Waals surface area contributed by atoms with Crippen LogP contribution in [-0.2, 0) is 28.4 Å². The second-order valence-corrected chi connectivity index (χ2v) is 5.02. The summed E-state index contributed by atoms with van der Waals surface area (Å²) in [6.45, 7) is 0. The Labute approximate surface area is 93.5 Å². The SMILES string of the molecule is O=PC(CC(=O)ON1C(=O)CCC1=O)P=O. The van der Waals surface area contributed by atoms with Gasteiger partial charge >= 0.3 is 5.97 Å². The quantitative estimate of drug-likeness (QED) is 0.539. The first-order valence-corrected chi connectivity index (χ1v) is 6.06. The van der Waals surface area contributed by atoms with Gasteiger partial charge in [0.05, 0.1) is 6.42 Å². The van der Waals surface area contributed by atoms with Gasteiger partial charge in [0, 0.05) is 12.8 Å². The van der Waals surface area contributed by atoms with Crippen molar-refractivity contribution in [2.24, 2.45) is 0 Å². The molecule has 2 amide bonds. The highest BCUT2D eigenvalue weighted by Crippen LogP contribution is 2.23. The van der Waals surface area contributed by atoms with Crippen LogP contribution < -0.4 is 0 Å². The van der Waals surface area contributed by atoms with E-state index in [0.717, 1.165) is 0 Å². The summed E-state index contributed by atoms with van der Waals surface area (Å²) in [6, 6.07) is 0. The zero-order chi connectivity index (χ0) is 12.1.